The van der Waals surface area contributed by atoms with E-state index < -0.39 is 15.9 Å². The van der Waals surface area contributed by atoms with Crippen molar-refractivity contribution in [2.24, 2.45) is 4.99 Å². The lowest BCUT2D eigenvalue weighted by molar-refractivity contribution is 0.0997. The topological polar surface area (TPSA) is 71.7 Å². The molecule has 0 unspecified atom stereocenters. The van der Waals surface area contributed by atoms with Crippen LogP contribution in [0.1, 0.15) is 23.7 Å². The molecule has 0 atom stereocenters. The van der Waals surface area contributed by atoms with Crippen molar-refractivity contribution in [1.82, 2.24) is 4.57 Å². The highest BCUT2D eigenvalue weighted by Crippen LogP contribution is 2.22. The molecule has 8 heteroatoms. The molecule has 1 heterocycles. The van der Waals surface area contributed by atoms with Crippen molar-refractivity contribution in [2.75, 3.05) is 11.4 Å². The maximum atomic E-state index is 12.9. The molecule has 1 aromatic heterocycles. The van der Waals surface area contributed by atoms with E-state index in [1.165, 1.54) is 47.0 Å². The average Bonchev–Trinajstić information content (AvgIpc) is 3.16. The van der Waals surface area contributed by atoms with Crippen LogP contribution in [0.25, 0.3) is 10.2 Å². The van der Waals surface area contributed by atoms with Gasteiger partial charge in [-0.05, 0) is 55.0 Å². The van der Waals surface area contributed by atoms with E-state index in [9.17, 15) is 13.2 Å². The van der Waals surface area contributed by atoms with Crippen LogP contribution in [0.3, 0.4) is 0 Å². The number of anilines is 1. The number of hydrogen-bond acceptors (Lipinski definition) is 4. The Labute approximate surface area is 191 Å². The Kier molecular flexibility index (Phi) is 6.25. The van der Waals surface area contributed by atoms with E-state index in [1.807, 2.05) is 34.9 Å². The first kappa shape index (κ1) is 22.0. The zero-order chi connectivity index (χ0) is 22.7. The van der Waals surface area contributed by atoms with E-state index in [1.54, 1.807) is 24.3 Å². The fourth-order valence-corrected chi connectivity index (χ4v) is 5.65. The minimum atomic E-state index is -3.74. The minimum Gasteiger partial charge on any atom is -0.316 e. The summed E-state index contributed by atoms with van der Waals surface area (Å²) >= 11 is 1.47. The van der Waals surface area contributed by atoms with Gasteiger partial charge in [0, 0.05) is 19.2 Å². The first-order chi connectivity index (χ1) is 15.4. The van der Waals surface area contributed by atoms with E-state index >= 15 is 0 Å². The third-order valence-corrected chi connectivity index (χ3v) is 7.97. The minimum absolute atomic E-state index is 0.114. The summed E-state index contributed by atoms with van der Waals surface area (Å²) in [6, 6.07) is 22.7. The fourth-order valence-electron chi connectivity index (χ4n) is 3.40. The van der Waals surface area contributed by atoms with E-state index in [2.05, 4.69) is 11.9 Å². The van der Waals surface area contributed by atoms with E-state index in [4.69, 9.17) is 0 Å². The molecule has 0 spiro atoms. The van der Waals surface area contributed by atoms with Crippen LogP contribution < -0.4 is 9.11 Å². The van der Waals surface area contributed by atoms with Crippen LogP contribution >= 0.6 is 11.3 Å². The lowest BCUT2D eigenvalue weighted by atomic mass is 10.2. The van der Waals surface area contributed by atoms with Gasteiger partial charge in [-0.25, -0.2) is 8.42 Å². The number of amides is 1. The Morgan fingerprint density at radius 1 is 0.969 bits per heavy atom. The van der Waals surface area contributed by atoms with Crippen molar-refractivity contribution >= 4 is 43.2 Å². The molecule has 0 saturated carbocycles. The molecule has 0 saturated heterocycles. The highest BCUT2D eigenvalue weighted by atomic mass is 32.2. The molecule has 0 aliphatic heterocycles. The van der Waals surface area contributed by atoms with Gasteiger partial charge in [-0.1, -0.05) is 48.6 Å². The van der Waals surface area contributed by atoms with Crippen molar-refractivity contribution in [3.8, 4) is 0 Å². The number of para-hydroxylation sites is 2. The molecular weight excluding hydrogens is 442 g/mol. The Morgan fingerprint density at radius 2 is 1.62 bits per heavy atom. The van der Waals surface area contributed by atoms with Crippen LogP contribution in [0.2, 0.25) is 0 Å². The highest BCUT2D eigenvalue weighted by Gasteiger charge is 2.21. The molecule has 1 amide bonds. The van der Waals surface area contributed by atoms with Gasteiger partial charge < -0.3 is 4.57 Å². The monoisotopic (exact) mass is 465 g/mol. The van der Waals surface area contributed by atoms with Gasteiger partial charge in [0.1, 0.15) is 0 Å². The van der Waals surface area contributed by atoms with Crippen LogP contribution in [0.5, 0.6) is 0 Å². The van der Waals surface area contributed by atoms with Gasteiger partial charge in [0.15, 0.2) is 4.80 Å². The number of nitrogens with zero attached hydrogens (tertiary/aromatic N) is 3. The number of aromatic nitrogens is 1. The molecule has 0 N–H and O–H groups in total. The van der Waals surface area contributed by atoms with E-state index in [0.29, 0.717) is 16.1 Å². The summed E-state index contributed by atoms with van der Waals surface area (Å²) in [6.45, 7) is 2.84. The van der Waals surface area contributed by atoms with E-state index in [0.717, 1.165) is 23.2 Å². The molecule has 32 heavy (non-hydrogen) atoms. The van der Waals surface area contributed by atoms with Crippen LogP contribution in [0.15, 0.2) is 88.8 Å². The summed E-state index contributed by atoms with van der Waals surface area (Å²) in [7, 11) is -2.23. The highest BCUT2D eigenvalue weighted by molar-refractivity contribution is 7.92. The standard InChI is InChI=1S/C24H23N3O3S2/c1-3-17-27-21-11-7-8-12-22(21)31-24(27)25-23(28)18-13-15-20(16-14-18)32(29,30)26(2)19-9-5-4-6-10-19/h4-16H,3,17H2,1-2H3. The number of carbonyl (C=O) groups excluding carboxylic acids is 1. The largest absolute Gasteiger partial charge is 0.316 e. The molecule has 6 nitrogen and oxygen atoms in total. The Bertz CT molecular complexity index is 1420. The summed E-state index contributed by atoms with van der Waals surface area (Å²) in [5.41, 5.74) is 1.95. The van der Waals surface area contributed by atoms with Gasteiger partial charge in [0.25, 0.3) is 15.9 Å². The summed E-state index contributed by atoms with van der Waals surface area (Å²) < 4.78 is 30.2. The average molecular weight is 466 g/mol. The molecule has 3 aromatic carbocycles. The van der Waals surface area contributed by atoms with Crippen molar-refractivity contribution in [3.05, 3.63) is 89.2 Å². The number of rotatable bonds is 6. The number of aryl methyl sites for hydroxylation is 1. The van der Waals surface area contributed by atoms with Crippen molar-refractivity contribution in [1.29, 1.82) is 0 Å². The summed E-state index contributed by atoms with van der Waals surface area (Å²) in [6.07, 6.45) is 0.920. The molecule has 0 aliphatic carbocycles. The Balaban J connectivity index is 1.65. The first-order valence-electron chi connectivity index (χ1n) is 10.2. The van der Waals surface area contributed by atoms with Crippen molar-refractivity contribution in [3.63, 3.8) is 0 Å². The lowest BCUT2D eigenvalue weighted by Gasteiger charge is -2.19. The number of hydrogen-bond donors (Lipinski definition) is 0. The first-order valence-corrected chi connectivity index (χ1v) is 12.5. The second-order valence-electron chi connectivity index (χ2n) is 7.25. The van der Waals surface area contributed by atoms with Gasteiger partial charge in [-0.2, -0.15) is 4.99 Å². The van der Waals surface area contributed by atoms with Gasteiger partial charge in [-0.3, -0.25) is 9.10 Å². The Morgan fingerprint density at radius 3 is 2.31 bits per heavy atom. The smallest absolute Gasteiger partial charge is 0.279 e. The maximum absolute atomic E-state index is 12.9. The third-order valence-electron chi connectivity index (χ3n) is 5.11. The van der Waals surface area contributed by atoms with Gasteiger partial charge >= 0.3 is 0 Å². The number of benzene rings is 3. The van der Waals surface area contributed by atoms with Crippen LogP contribution in [-0.4, -0.2) is 25.9 Å². The zero-order valence-electron chi connectivity index (χ0n) is 17.8. The maximum Gasteiger partial charge on any atom is 0.279 e. The normalized spacial score (nSPS) is 12.2. The molecule has 0 bridgehead atoms. The summed E-state index contributed by atoms with van der Waals surface area (Å²) in [5, 5.41) is 0. The Hall–Kier alpha value is -3.23. The van der Waals surface area contributed by atoms with Crippen molar-refractivity contribution in [2.45, 2.75) is 24.8 Å². The summed E-state index contributed by atoms with van der Waals surface area (Å²) in [4.78, 5) is 17.9. The predicted molar refractivity (Wildman–Crippen MR) is 128 cm³/mol. The fraction of sp³-hybridized carbons (Fsp3) is 0.167. The van der Waals surface area contributed by atoms with Gasteiger partial charge in [-0.15, -0.1) is 0 Å². The third kappa shape index (κ3) is 4.24. The number of sulfonamides is 1. The van der Waals surface area contributed by atoms with Crippen LogP contribution in [0.4, 0.5) is 5.69 Å². The molecule has 0 fully saturated rings. The molecule has 0 radical (unpaired) electrons. The molecular formula is C24H23N3O3S2. The second kappa shape index (κ2) is 9.10. The quantitative estimate of drug-likeness (QED) is 0.415. The molecule has 4 aromatic rings. The SMILES string of the molecule is CCCn1c(=NC(=O)c2ccc(S(=O)(=O)N(C)c3ccccc3)cc2)sc2ccccc21. The second-order valence-corrected chi connectivity index (χ2v) is 10.2. The molecule has 4 rings (SSSR count). The number of carbonyl (C=O) groups is 1. The zero-order valence-corrected chi connectivity index (χ0v) is 19.4. The summed E-state index contributed by atoms with van der Waals surface area (Å²) in [5.74, 6) is -0.401. The van der Waals surface area contributed by atoms with Gasteiger partial charge in [0.2, 0.25) is 0 Å². The van der Waals surface area contributed by atoms with Crippen LogP contribution in [0, 0.1) is 0 Å². The van der Waals surface area contributed by atoms with Crippen LogP contribution in [-0.2, 0) is 16.6 Å². The number of thiazole rings is 1. The lowest BCUT2D eigenvalue weighted by Crippen LogP contribution is -2.26. The number of fused-ring (bicyclic) bond motifs is 1. The van der Waals surface area contributed by atoms with E-state index in [-0.39, 0.29) is 4.90 Å². The molecule has 164 valence electrons. The van der Waals surface area contributed by atoms with Crippen molar-refractivity contribution < 1.29 is 13.2 Å². The molecule has 0 aliphatic rings. The van der Waals surface area contributed by atoms with Gasteiger partial charge in [0.05, 0.1) is 20.8 Å². The predicted octanol–water partition coefficient (Wildman–Crippen LogP) is 4.68.